The molecule has 0 aliphatic carbocycles. The van der Waals surface area contributed by atoms with Crippen LogP contribution in [0.3, 0.4) is 0 Å². The van der Waals surface area contributed by atoms with Gasteiger partial charge in [0, 0.05) is 0 Å². The van der Waals surface area contributed by atoms with Crippen LogP contribution in [0.4, 0.5) is 0 Å². The molecule has 0 spiro atoms. The van der Waals surface area contributed by atoms with Crippen molar-refractivity contribution in [2.75, 3.05) is 0 Å². The molecule has 0 saturated carbocycles. The first-order chi connectivity index (χ1) is 15.9. The SMILES string of the molecule is [CH3-].[CH3-].[Pt+2].c1ccc(P(c2ccccc2)c2ccccc2P(c2ccccc2)c2ccccc2)cc1. The predicted octanol–water partition coefficient (Wildman–Crippen LogP) is 6.10. The van der Waals surface area contributed by atoms with E-state index in [2.05, 4.69) is 146 Å². The summed E-state index contributed by atoms with van der Waals surface area (Å²) in [5.41, 5.74) is 0. The van der Waals surface area contributed by atoms with E-state index < -0.39 is 15.8 Å². The van der Waals surface area contributed by atoms with Crippen LogP contribution in [0, 0.1) is 14.9 Å². The van der Waals surface area contributed by atoms with E-state index in [0.717, 1.165) is 0 Å². The van der Waals surface area contributed by atoms with Crippen molar-refractivity contribution in [2.45, 2.75) is 0 Å². The van der Waals surface area contributed by atoms with Gasteiger partial charge in [-0.2, -0.15) is 0 Å². The Bertz CT molecular complexity index is 1080. The van der Waals surface area contributed by atoms with E-state index in [1.807, 2.05) is 0 Å². The van der Waals surface area contributed by atoms with Crippen molar-refractivity contribution in [1.82, 2.24) is 0 Å². The van der Waals surface area contributed by atoms with Gasteiger partial charge in [0.15, 0.2) is 0 Å². The first-order valence-electron chi connectivity index (χ1n) is 10.8. The minimum atomic E-state index is -0.664. The molecule has 5 rings (SSSR count). The summed E-state index contributed by atoms with van der Waals surface area (Å²) >= 11 is 0. The molecule has 178 valence electrons. The molecular formula is C32H30P2Pt. The zero-order valence-electron chi connectivity index (χ0n) is 20.1. The molecule has 3 heteroatoms. The van der Waals surface area contributed by atoms with Gasteiger partial charge in [-0.15, -0.1) is 0 Å². The van der Waals surface area contributed by atoms with Crippen LogP contribution in [0.25, 0.3) is 0 Å². The Kier molecular flexibility index (Phi) is 11.8. The fraction of sp³-hybridized carbons (Fsp3) is 0. The van der Waals surface area contributed by atoms with Crippen LogP contribution in [0.1, 0.15) is 0 Å². The molecule has 0 fully saturated rings. The van der Waals surface area contributed by atoms with Crippen LogP contribution in [0.5, 0.6) is 0 Å². The van der Waals surface area contributed by atoms with Crippen LogP contribution in [-0.2, 0) is 21.1 Å². The maximum Gasteiger partial charge on any atom is 2.00 e. The van der Waals surface area contributed by atoms with E-state index in [4.69, 9.17) is 0 Å². The third-order valence-corrected chi connectivity index (χ3v) is 10.6. The molecular weight excluding hydrogens is 641 g/mol. The quantitative estimate of drug-likeness (QED) is 0.151. The third kappa shape index (κ3) is 6.66. The molecule has 0 aromatic heterocycles. The second-order valence-corrected chi connectivity index (χ2v) is 11.9. The van der Waals surface area contributed by atoms with Gasteiger partial charge in [-0.25, -0.2) is 0 Å². The zero-order valence-corrected chi connectivity index (χ0v) is 24.1. The molecule has 0 radical (unpaired) electrons. The van der Waals surface area contributed by atoms with Gasteiger partial charge < -0.3 is 14.9 Å². The predicted molar refractivity (Wildman–Crippen MR) is 157 cm³/mol. The van der Waals surface area contributed by atoms with Gasteiger partial charge in [-0.05, 0) is 47.7 Å². The minimum absolute atomic E-state index is 0. The molecule has 0 heterocycles. The van der Waals surface area contributed by atoms with Gasteiger partial charge in [-0.1, -0.05) is 146 Å². The smallest absolute Gasteiger partial charge is 0.358 e. The third-order valence-electron chi connectivity index (χ3n) is 5.42. The Morgan fingerprint density at radius 2 is 0.486 bits per heavy atom. The average Bonchev–Trinajstić information content (AvgIpc) is 2.88. The Morgan fingerprint density at radius 1 is 0.286 bits per heavy atom. The number of hydrogen-bond acceptors (Lipinski definition) is 0. The van der Waals surface area contributed by atoms with Crippen LogP contribution in [-0.4, -0.2) is 0 Å². The second-order valence-electron chi connectivity index (χ2n) is 7.50. The van der Waals surface area contributed by atoms with Crippen molar-refractivity contribution in [1.29, 1.82) is 0 Å². The van der Waals surface area contributed by atoms with Crippen molar-refractivity contribution in [3.63, 3.8) is 0 Å². The Hall–Kier alpha value is -2.35. The largest absolute Gasteiger partial charge is 2.00 e. The Morgan fingerprint density at radius 3 is 0.714 bits per heavy atom. The second kappa shape index (κ2) is 14.3. The van der Waals surface area contributed by atoms with E-state index >= 15 is 0 Å². The first-order valence-corrected chi connectivity index (χ1v) is 13.5. The van der Waals surface area contributed by atoms with Crippen molar-refractivity contribution in [3.05, 3.63) is 160 Å². The van der Waals surface area contributed by atoms with E-state index in [0.29, 0.717) is 0 Å². The van der Waals surface area contributed by atoms with E-state index in [1.54, 1.807) is 0 Å². The van der Waals surface area contributed by atoms with Crippen LogP contribution < -0.4 is 31.8 Å². The van der Waals surface area contributed by atoms with Gasteiger partial charge >= 0.3 is 21.1 Å². The van der Waals surface area contributed by atoms with E-state index in [-0.39, 0.29) is 35.9 Å². The minimum Gasteiger partial charge on any atom is -0.358 e. The van der Waals surface area contributed by atoms with E-state index in [1.165, 1.54) is 31.8 Å². The summed E-state index contributed by atoms with van der Waals surface area (Å²) in [5.74, 6) is 0. The molecule has 0 bridgehead atoms. The summed E-state index contributed by atoms with van der Waals surface area (Å²) in [6.45, 7) is 0. The molecule has 0 saturated heterocycles. The molecule has 0 aliphatic rings. The van der Waals surface area contributed by atoms with Gasteiger partial charge in [0.1, 0.15) is 0 Å². The molecule has 35 heavy (non-hydrogen) atoms. The number of rotatable bonds is 6. The molecule has 0 unspecified atom stereocenters. The molecule has 0 atom stereocenters. The zero-order chi connectivity index (χ0) is 21.6. The molecule has 0 nitrogen and oxygen atoms in total. The van der Waals surface area contributed by atoms with Gasteiger partial charge in [-0.3, -0.25) is 0 Å². The summed E-state index contributed by atoms with van der Waals surface area (Å²) in [6.07, 6.45) is 0. The molecule has 0 aliphatic heterocycles. The van der Waals surface area contributed by atoms with Gasteiger partial charge in [0.05, 0.1) is 0 Å². The summed E-state index contributed by atoms with van der Waals surface area (Å²) in [5, 5.41) is 8.43. The van der Waals surface area contributed by atoms with Crippen molar-refractivity contribution < 1.29 is 21.1 Å². The maximum absolute atomic E-state index is 2.35. The first kappa shape index (κ1) is 28.9. The fourth-order valence-electron chi connectivity index (χ4n) is 4.01. The fourth-order valence-corrected chi connectivity index (χ4v) is 9.27. The average molecular weight is 672 g/mol. The standard InChI is InChI=1S/C30H24P2.2CH3.Pt/c1-5-15-25(16-6-1)31(26-17-7-2-8-18-26)29-23-13-14-24-30(29)32(27-19-9-3-10-20-27)28-21-11-4-12-22-28;;;/h1-24H;2*1H3;/q;2*-1;+2. The van der Waals surface area contributed by atoms with Crippen molar-refractivity contribution in [3.8, 4) is 0 Å². The van der Waals surface area contributed by atoms with Crippen molar-refractivity contribution in [2.24, 2.45) is 0 Å². The van der Waals surface area contributed by atoms with Crippen LogP contribution in [0.15, 0.2) is 146 Å². The normalized spacial score (nSPS) is 10.1. The van der Waals surface area contributed by atoms with Crippen LogP contribution >= 0.6 is 15.8 Å². The monoisotopic (exact) mass is 671 g/mol. The molecule has 0 amide bonds. The summed E-state index contributed by atoms with van der Waals surface area (Å²) in [7, 11) is -1.33. The Balaban J connectivity index is 0.00000144. The molecule has 5 aromatic carbocycles. The van der Waals surface area contributed by atoms with Gasteiger partial charge in [0.25, 0.3) is 0 Å². The summed E-state index contributed by atoms with van der Waals surface area (Å²) < 4.78 is 0. The topological polar surface area (TPSA) is 0 Å². The summed E-state index contributed by atoms with van der Waals surface area (Å²) in [6, 6.07) is 53.0. The number of benzene rings is 5. The molecule has 0 N–H and O–H groups in total. The van der Waals surface area contributed by atoms with E-state index in [9.17, 15) is 0 Å². The summed E-state index contributed by atoms with van der Waals surface area (Å²) in [4.78, 5) is 0. The maximum atomic E-state index is 2.35. The van der Waals surface area contributed by atoms with Crippen molar-refractivity contribution >= 4 is 47.7 Å². The van der Waals surface area contributed by atoms with Gasteiger partial charge in [0.2, 0.25) is 0 Å². The number of hydrogen-bond donors (Lipinski definition) is 0. The van der Waals surface area contributed by atoms with Crippen LogP contribution in [0.2, 0.25) is 0 Å². The molecule has 5 aromatic rings. The Labute approximate surface area is 228 Å².